The zero-order chi connectivity index (χ0) is 12.0. The SMILES string of the molecule is CC[C@H](C)[C@H](N)C(=O)N[C@H](C=O)C(C)C. The summed E-state index contributed by atoms with van der Waals surface area (Å²) in [6, 6.07) is -0.969. The Bertz CT molecular complexity index is 217. The van der Waals surface area contributed by atoms with Crippen LogP contribution >= 0.6 is 0 Å². The van der Waals surface area contributed by atoms with Gasteiger partial charge in [-0.25, -0.2) is 0 Å². The molecule has 3 atom stereocenters. The number of hydrogen-bond donors (Lipinski definition) is 2. The molecule has 0 radical (unpaired) electrons. The lowest BCUT2D eigenvalue weighted by atomic mass is 9.98. The minimum Gasteiger partial charge on any atom is -0.345 e. The summed E-state index contributed by atoms with van der Waals surface area (Å²) in [6.07, 6.45) is 1.61. The molecule has 0 aromatic rings. The fourth-order valence-corrected chi connectivity index (χ4v) is 1.13. The van der Waals surface area contributed by atoms with Gasteiger partial charge >= 0.3 is 0 Å². The lowest BCUT2D eigenvalue weighted by Gasteiger charge is -2.22. The fraction of sp³-hybridized carbons (Fsp3) is 0.818. The molecule has 4 nitrogen and oxygen atoms in total. The first-order chi connectivity index (χ1) is 6.93. The molecule has 1 amide bonds. The number of rotatable bonds is 6. The Hall–Kier alpha value is -0.900. The van der Waals surface area contributed by atoms with Crippen molar-refractivity contribution < 1.29 is 9.59 Å². The Kier molecular flexibility index (Phi) is 6.17. The molecule has 0 spiro atoms. The molecule has 3 N–H and O–H groups in total. The Balaban J connectivity index is 4.28. The number of carbonyl (C=O) groups excluding carboxylic acids is 2. The Morgan fingerprint density at radius 2 is 1.93 bits per heavy atom. The zero-order valence-corrected chi connectivity index (χ0v) is 9.99. The largest absolute Gasteiger partial charge is 0.345 e. The van der Waals surface area contributed by atoms with E-state index < -0.39 is 12.1 Å². The third kappa shape index (κ3) is 4.42. The Morgan fingerprint density at radius 1 is 1.40 bits per heavy atom. The van der Waals surface area contributed by atoms with E-state index in [-0.39, 0.29) is 17.7 Å². The quantitative estimate of drug-likeness (QED) is 0.639. The molecule has 0 aromatic carbocycles. The van der Waals surface area contributed by atoms with Gasteiger partial charge in [0.2, 0.25) is 5.91 Å². The predicted molar refractivity (Wildman–Crippen MR) is 60.3 cm³/mol. The van der Waals surface area contributed by atoms with E-state index in [0.29, 0.717) is 0 Å². The standard InChI is InChI=1S/C11H22N2O2/c1-5-8(4)10(12)11(15)13-9(6-14)7(2)3/h6-10H,5,12H2,1-4H3,(H,13,15)/t8-,9+,10-/m0/s1. The maximum Gasteiger partial charge on any atom is 0.237 e. The summed E-state index contributed by atoms with van der Waals surface area (Å²) in [6.45, 7) is 7.68. The minimum absolute atomic E-state index is 0.0931. The molecule has 0 aromatic heterocycles. The number of amides is 1. The van der Waals surface area contributed by atoms with Crippen LogP contribution in [0.15, 0.2) is 0 Å². The van der Waals surface area contributed by atoms with Gasteiger partial charge in [-0.1, -0.05) is 34.1 Å². The second kappa shape index (κ2) is 6.56. The molecule has 0 aliphatic rings. The van der Waals surface area contributed by atoms with Crippen molar-refractivity contribution in [3.8, 4) is 0 Å². The molecular weight excluding hydrogens is 192 g/mol. The van der Waals surface area contributed by atoms with E-state index in [2.05, 4.69) is 5.32 Å². The van der Waals surface area contributed by atoms with Gasteiger partial charge in [-0.3, -0.25) is 4.79 Å². The first-order valence-electron chi connectivity index (χ1n) is 5.45. The molecule has 0 saturated heterocycles. The lowest BCUT2D eigenvalue weighted by molar-refractivity contribution is -0.126. The average Bonchev–Trinajstić information content (AvgIpc) is 2.22. The lowest BCUT2D eigenvalue weighted by Crippen LogP contribution is -2.50. The predicted octanol–water partition coefficient (Wildman–Crippen LogP) is 0.699. The Labute approximate surface area is 91.6 Å². The molecule has 0 aliphatic carbocycles. The van der Waals surface area contributed by atoms with E-state index in [1.807, 2.05) is 27.7 Å². The summed E-state index contributed by atoms with van der Waals surface area (Å²) in [5.41, 5.74) is 5.75. The van der Waals surface area contributed by atoms with E-state index in [1.54, 1.807) is 0 Å². The molecule has 0 aliphatic heterocycles. The van der Waals surface area contributed by atoms with Gasteiger partial charge in [0.25, 0.3) is 0 Å². The first-order valence-corrected chi connectivity index (χ1v) is 5.45. The van der Waals surface area contributed by atoms with Gasteiger partial charge in [0, 0.05) is 0 Å². The summed E-state index contributed by atoms with van der Waals surface area (Å²) in [5, 5.41) is 2.65. The average molecular weight is 214 g/mol. The Morgan fingerprint density at radius 3 is 2.27 bits per heavy atom. The van der Waals surface area contributed by atoms with E-state index in [9.17, 15) is 9.59 Å². The van der Waals surface area contributed by atoms with Gasteiger partial charge in [0.15, 0.2) is 0 Å². The molecule has 0 rings (SSSR count). The molecule has 0 unspecified atom stereocenters. The van der Waals surface area contributed by atoms with Crippen molar-refractivity contribution in [2.75, 3.05) is 0 Å². The summed E-state index contributed by atoms with van der Waals surface area (Å²) < 4.78 is 0. The van der Waals surface area contributed by atoms with Crippen LogP contribution in [0.5, 0.6) is 0 Å². The van der Waals surface area contributed by atoms with Gasteiger partial charge in [0.05, 0.1) is 12.1 Å². The maximum atomic E-state index is 11.6. The van der Waals surface area contributed by atoms with E-state index in [0.717, 1.165) is 12.7 Å². The van der Waals surface area contributed by atoms with Gasteiger partial charge in [-0.05, 0) is 11.8 Å². The molecule has 0 fully saturated rings. The second-order valence-corrected chi connectivity index (χ2v) is 4.33. The second-order valence-electron chi connectivity index (χ2n) is 4.33. The molecule has 15 heavy (non-hydrogen) atoms. The van der Waals surface area contributed by atoms with Crippen molar-refractivity contribution in [1.82, 2.24) is 5.32 Å². The maximum absolute atomic E-state index is 11.6. The van der Waals surface area contributed by atoms with E-state index >= 15 is 0 Å². The number of nitrogens with two attached hydrogens (primary N) is 1. The summed E-state index contributed by atoms with van der Waals surface area (Å²) in [5.74, 6) is -0.0183. The molecule has 0 bridgehead atoms. The number of carbonyl (C=O) groups is 2. The van der Waals surface area contributed by atoms with Crippen molar-refractivity contribution in [3.63, 3.8) is 0 Å². The van der Waals surface area contributed by atoms with E-state index in [4.69, 9.17) is 5.73 Å². The number of hydrogen-bond acceptors (Lipinski definition) is 3. The van der Waals surface area contributed by atoms with Crippen LogP contribution in [0.1, 0.15) is 34.1 Å². The van der Waals surface area contributed by atoms with Crippen LogP contribution in [0, 0.1) is 11.8 Å². The number of aldehydes is 1. The van der Waals surface area contributed by atoms with Gasteiger partial charge < -0.3 is 15.8 Å². The van der Waals surface area contributed by atoms with Gasteiger partial charge in [-0.2, -0.15) is 0 Å². The molecular formula is C11H22N2O2. The van der Waals surface area contributed by atoms with Crippen LogP contribution in [0.3, 0.4) is 0 Å². The van der Waals surface area contributed by atoms with Crippen molar-refractivity contribution >= 4 is 12.2 Å². The summed E-state index contributed by atoms with van der Waals surface area (Å²) >= 11 is 0. The highest BCUT2D eigenvalue weighted by atomic mass is 16.2. The van der Waals surface area contributed by atoms with Gasteiger partial charge in [0.1, 0.15) is 6.29 Å². The first kappa shape index (κ1) is 14.1. The van der Waals surface area contributed by atoms with Crippen LogP contribution in [-0.4, -0.2) is 24.3 Å². The highest BCUT2D eigenvalue weighted by Gasteiger charge is 2.23. The highest BCUT2D eigenvalue weighted by Crippen LogP contribution is 2.06. The van der Waals surface area contributed by atoms with E-state index in [1.165, 1.54) is 0 Å². The van der Waals surface area contributed by atoms with Crippen molar-refractivity contribution in [2.24, 2.45) is 17.6 Å². The van der Waals surface area contributed by atoms with Crippen molar-refractivity contribution in [3.05, 3.63) is 0 Å². The molecule has 0 heterocycles. The topological polar surface area (TPSA) is 72.2 Å². The minimum atomic E-state index is -0.531. The monoisotopic (exact) mass is 214 g/mol. The van der Waals surface area contributed by atoms with Crippen molar-refractivity contribution in [1.29, 1.82) is 0 Å². The van der Waals surface area contributed by atoms with Crippen molar-refractivity contribution in [2.45, 2.75) is 46.2 Å². The number of nitrogens with one attached hydrogen (secondary N) is 1. The van der Waals surface area contributed by atoms with Crippen LogP contribution in [0.25, 0.3) is 0 Å². The smallest absolute Gasteiger partial charge is 0.237 e. The molecule has 0 saturated carbocycles. The summed E-state index contributed by atoms with van der Waals surface area (Å²) in [7, 11) is 0. The highest BCUT2D eigenvalue weighted by molar-refractivity contribution is 5.84. The fourth-order valence-electron chi connectivity index (χ4n) is 1.13. The van der Waals surface area contributed by atoms with Gasteiger partial charge in [-0.15, -0.1) is 0 Å². The van der Waals surface area contributed by atoms with Crippen LogP contribution in [-0.2, 0) is 9.59 Å². The van der Waals surface area contributed by atoms with Crippen LogP contribution < -0.4 is 11.1 Å². The normalized spacial score (nSPS) is 16.9. The third-order valence-corrected chi connectivity index (χ3v) is 2.73. The molecule has 4 heteroatoms. The third-order valence-electron chi connectivity index (χ3n) is 2.73. The zero-order valence-electron chi connectivity index (χ0n) is 9.99. The van der Waals surface area contributed by atoms with Crippen LogP contribution in [0.2, 0.25) is 0 Å². The van der Waals surface area contributed by atoms with Crippen LogP contribution in [0.4, 0.5) is 0 Å². The summed E-state index contributed by atoms with van der Waals surface area (Å²) in [4.78, 5) is 22.3. The molecule has 88 valence electrons.